The molecule has 1 saturated heterocycles. The van der Waals surface area contributed by atoms with Crippen LogP contribution in [0.2, 0.25) is 0 Å². The molecule has 0 bridgehead atoms. The van der Waals surface area contributed by atoms with E-state index in [0.717, 1.165) is 30.1 Å². The molecule has 126 valence electrons. The summed E-state index contributed by atoms with van der Waals surface area (Å²) in [6.45, 7) is 1.96. The predicted octanol–water partition coefficient (Wildman–Crippen LogP) is 1.14. The molecule has 0 spiro atoms. The number of aromatic nitrogens is 5. The van der Waals surface area contributed by atoms with Gasteiger partial charge in [-0.3, -0.25) is 9.20 Å². The first-order valence-corrected chi connectivity index (χ1v) is 8.87. The highest BCUT2D eigenvalue weighted by molar-refractivity contribution is 7.15. The van der Waals surface area contributed by atoms with Crippen molar-refractivity contribution >= 4 is 22.2 Å². The molecule has 0 aromatic carbocycles. The smallest absolute Gasteiger partial charge is 0.273 e. The molecule has 0 radical (unpaired) electrons. The van der Waals surface area contributed by atoms with Gasteiger partial charge in [0.2, 0.25) is 0 Å². The highest BCUT2D eigenvalue weighted by Crippen LogP contribution is 2.13. The van der Waals surface area contributed by atoms with Gasteiger partial charge >= 0.3 is 0 Å². The standard InChI is InChI=1S/C15H18N6O2S/c22-14(13-10-21(19-18-13)9-12-2-1-6-23-12)16-4-3-11-8-20-5-7-24-15(20)17-11/h5,7-8,10,12H,1-4,6,9H2,(H,16,22)/t12-/m0/s1. The lowest BCUT2D eigenvalue weighted by molar-refractivity contribution is 0.0930. The molecule has 1 atom stereocenters. The number of rotatable bonds is 6. The number of amides is 1. The molecule has 3 aromatic rings. The average molecular weight is 346 g/mol. The van der Waals surface area contributed by atoms with E-state index in [2.05, 4.69) is 20.6 Å². The van der Waals surface area contributed by atoms with E-state index in [9.17, 15) is 4.79 Å². The molecule has 1 amide bonds. The van der Waals surface area contributed by atoms with Crippen LogP contribution in [0.5, 0.6) is 0 Å². The number of thiazole rings is 1. The fourth-order valence-electron chi connectivity index (χ4n) is 2.78. The Bertz CT molecular complexity index is 803. The molecule has 0 aliphatic carbocycles. The van der Waals surface area contributed by atoms with Crippen LogP contribution in [0.15, 0.2) is 24.0 Å². The second-order valence-electron chi connectivity index (χ2n) is 5.79. The summed E-state index contributed by atoms with van der Waals surface area (Å²) in [5.74, 6) is -0.213. The first kappa shape index (κ1) is 15.3. The minimum Gasteiger partial charge on any atom is -0.376 e. The third kappa shape index (κ3) is 3.31. The number of nitrogens with zero attached hydrogens (tertiary/aromatic N) is 5. The van der Waals surface area contributed by atoms with Gasteiger partial charge in [0.05, 0.1) is 24.5 Å². The second-order valence-corrected chi connectivity index (χ2v) is 6.66. The van der Waals surface area contributed by atoms with Gasteiger partial charge in [-0.2, -0.15) is 0 Å². The van der Waals surface area contributed by atoms with Gasteiger partial charge in [-0.25, -0.2) is 9.67 Å². The van der Waals surface area contributed by atoms with Crippen molar-refractivity contribution < 1.29 is 9.53 Å². The van der Waals surface area contributed by atoms with E-state index in [1.54, 1.807) is 22.2 Å². The van der Waals surface area contributed by atoms with Gasteiger partial charge in [-0.1, -0.05) is 5.21 Å². The van der Waals surface area contributed by atoms with Crippen LogP contribution in [0.25, 0.3) is 4.96 Å². The molecule has 1 aliphatic heterocycles. The zero-order chi connectivity index (χ0) is 16.4. The summed E-state index contributed by atoms with van der Waals surface area (Å²) in [6.07, 6.45) is 8.60. The summed E-state index contributed by atoms with van der Waals surface area (Å²) in [5, 5.41) is 12.8. The summed E-state index contributed by atoms with van der Waals surface area (Å²) >= 11 is 1.59. The van der Waals surface area contributed by atoms with E-state index < -0.39 is 0 Å². The van der Waals surface area contributed by atoms with Crippen molar-refractivity contribution in [1.29, 1.82) is 0 Å². The number of nitrogens with one attached hydrogen (secondary N) is 1. The van der Waals surface area contributed by atoms with Gasteiger partial charge in [0, 0.05) is 37.3 Å². The predicted molar refractivity (Wildman–Crippen MR) is 88.1 cm³/mol. The molecule has 3 aromatic heterocycles. The minimum absolute atomic E-state index is 0.178. The molecule has 4 heterocycles. The third-order valence-corrected chi connectivity index (χ3v) is 4.77. The molecule has 24 heavy (non-hydrogen) atoms. The number of carbonyl (C=O) groups is 1. The van der Waals surface area contributed by atoms with Crippen molar-refractivity contribution in [3.63, 3.8) is 0 Å². The Balaban J connectivity index is 1.28. The van der Waals surface area contributed by atoms with E-state index in [1.807, 2.05) is 22.2 Å². The van der Waals surface area contributed by atoms with Crippen molar-refractivity contribution in [2.45, 2.75) is 31.9 Å². The molecule has 1 N–H and O–H groups in total. The van der Waals surface area contributed by atoms with Crippen molar-refractivity contribution in [1.82, 2.24) is 29.7 Å². The second kappa shape index (κ2) is 6.70. The Hall–Kier alpha value is -2.26. The largest absolute Gasteiger partial charge is 0.376 e. The average Bonchev–Trinajstić information content (AvgIpc) is 3.31. The Morgan fingerprint density at radius 1 is 1.46 bits per heavy atom. The Morgan fingerprint density at radius 3 is 3.25 bits per heavy atom. The van der Waals surface area contributed by atoms with Crippen LogP contribution in [0.1, 0.15) is 29.0 Å². The Morgan fingerprint density at radius 2 is 2.42 bits per heavy atom. The van der Waals surface area contributed by atoms with Crippen LogP contribution in [-0.2, 0) is 17.7 Å². The van der Waals surface area contributed by atoms with Crippen LogP contribution in [-0.4, -0.2) is 49.5 Å². The van der Waals surface area contributed by atoms with Crippen LogP contribution < -0.4 is 5.32 Å². The maximum atomic E-state index is 12.1. The third-order valence-electron chi connectivity index (χ3n) is 4.00. The van der Waals surface area contributed by atoms with E-state index >= 15 is 0 Å². The molecule has 0 unspecified atom stereocenters. The van der Waals surface area contributed by atoms with Gasteiger partial charge in [-0.05, 0) is 12.8 Å². The first-order chi connectivity index (χ1) is 11.8. The molecule has 9 heteroatoms. The van der Waals surface area contributed by atoms with Crippen LogP contribution in [0.4, 0.5) is 0 Å². The Kier molecular flexibility index (Phi) is 4.26. The fraction of sp³-hybridized carbons (Fsp3) is 0.467. The lowest BCUT2D eigenvalue weighted by Gasteiger charge is -2.07. The molecule has 8 nitrogen and oxygen atoms in total. The van der Waals surface area contributed by atoms with Gasteiger partial charge in [0.1, 0.15) is 0 Å². The van der Waals surface area contributed by atoms with Crippen LogP contribution in [0, 0.1) is 0 Å². The molecule has 1 fully saturated rings. The van der Waals surface area contributed by atoms with E-state index in [-0.39, 0.29) is 12.0 Å². The quantitative estimate of drug-likeness (QED) is 0.723. The number of ether oxygens (including phenoxy) is 1. The normalized spacial score (nSPS) is 17.6. The molecule has 0 saturated carbocycles. The molecular formula is C15H18N6O2S. The summed E-state index contributed by atoms with van der Waals surface area (Å²) in [4.78, 5) is 17.6. The van der Waals surface area contributed by atoms with Crippen LogP contribution >= 0.6 is 11.3 Å². The molecule has 1 aliphatic rings. The summed E-state index contributed by atoms with van der Waals surface area (Å²) < 4.78 is 9.22. The highest BCUT2D eigenvalue weighted by atomic mass is 32.1. The van der Waals surface area contributed by atoms with Crippen molar-refractivity contribution in [3.8, 4) is 0 Å². The SMILES string of the molecule is O=C(NCCc1cn2ccsc2n1)c1cn(C[C@@H]2CCCO2)nn1. The number of fused-ring (bicyclic) bond motifs is 1. The number of imidazole rings is 1. The van der Waals surface area contributed by atoms with Gasteiger partial charge in [0.15, 0.2) is 10.7 Å². The zero-order valence-corrected chi connectivity index (χ0v) is 13.9. The lowest BCUT2D eigenvalue weighted by atomic mass is 10.2. The first-order valence-electron chi connectivity index (χ1n) is 7.99. The van der Waals surface area contributed by atoms with Crippen molar-refractivity contribution in [2.24, 2.45) is 0 Å². The topological polar surface area (TPSA) is 86.3 Å². The molecular weight excluding hydrogens is 328 g/mol. The fourth-order valence-corrected chi connectivity index (χ4v) is 3.50. The number of carbonyl (C=O) groups excluding carboxylic acids is 1. The van der Waals surface area contributed by atoms with Crippen molar-refractivity contribution in [3.05, 3.63) is 35.4 Å². The van der Waals surface area contributed by atoms with Crippen molar-refractivity contribution in [2.75, 3.05) is 13.2 Å². The maximum Gasteiger partial charge on any atom is 0.273 e. The molecule has 4 rings (SSSR count). The zero-order valence-electron chi connectivity index (χ0n) is 13.1. The Labute approximate surface area is 142 Å². The number of hydrogen-bond donors (Lipinski definition) is 1. The van der Waals surface area contributed by atoms with Gasteiger partial charge in [0.25, 0.3) is 5.91 Å². The van der Waals surface area contributed by atoms with E-state index in [1.165, 1.54) is 0 Å². The van der Waals surface area contributed by atoms with E-state index in [4.69, 9.17) is 4.74 Å². The number of hydrogen-bond acceptors (Lipinski definition) is 6. The maximum absolute atomic E-state index is 12.1. The lowest BCUT2D eigenvalue weighted by Crippen LogP contribution is -2.26. The summed E-state index contributed by atoms with van der Waals surface area (Å²) in [7, 11) is 0. The summed E-state index contributed by atoms with van der Waals surface area (Å²) in [6, 6.07) is 0. The highest BCUT2D eigenvalue weighted by Gasteiger charge is 2.18. The van der Waals surface area contributed by atoms with Gasteiger partial charge < -0.3 is 10.1 Å². The monoisotopic (exact) mass is 346 g/mol. The van der Waals surface area contributed by atoms with Gasteiger partial charge in [-0.15, -0.1) is 16.4 Å². The van der Waals surface area contributed by atoms with Crippen LogP contribution in [0.3, 0.4) is 0 Å². The minimum atomic E-state index is -0.213. The summed E-state index contributed by atoms with van der Waals surface area (Å²) in [5.41, 5.74) is 1.29. The van der Waals surface area contributed by atoms with E-state index in [0.29, 0.717) is 25.2 Å².